The van der Waals surface area contributed by atoms with Gasteiger partial charge in [0.25, 0.3) is 0 Å². The third-order valence-electron chi connectivity index (χ3n) is 3.81. The van der Waals surface area contributed by atoms with Gasteiger partial charge in [0.15, 0.2) is 0 Å². The van der Waals surface area contributed by atoms with E-state index in [1.165, 1.54) is 17.1 Å². The average molecular weight is 308 g/mol. The number of thioether (sulfide) groups is 2. The first kappa shape index (κ1) is 14.3. The maximum atomic E-state index is 6.09. The van der Waals surface area contributed by atoms with Crippen LogP contribution >= 0.6 is 23.5 Å². The molecule has 1 aromatic carbocycles. The van der Waals surface area contributed by atoms with Crippen LogP contribution in [-0.4, -0.2) is 22.0 Å². The van der Waals surface area contributed by atoms with Gasteiger partial charge in [-0.25, -0.2) is 5.43 Å². The molecule has 5 heteroatoms. The highest BCUT2D eigenvalue weighted by atomic mass is 32.2. The van der Waals surface area contributed by atoms with Gasteiger partial charge >= 0.3 is 0 Å². The average Bonchev–Trinajstić information content (AvgIpc) is 2.87. The number of fused-ring (bicyclic) bond motifs is 1. The van der Waals surface area contributed by atoms with Gasteiger partial charge in [-0.05, 0) is 18.6 Å². The molecule has 0 bridgehead atoms. The maximum absolute atomic E-state index is 6.09. The standard InChI is InChI=1S/C15H20N2OS2/c1-9-4-3-5-11-8-12(18-14(9)11)13(17-16)15-10(2)19-6-7-20-15/h3-5,8,10,13,15,17H,6-7,16H2,1-2H3. The van der Waals surface area contributed by atoms with Crippen LogP contribution < -0.4 is 11.3 Å². The van der Waals surface area contributed by atoms with E-state index in [4.69, 9.17) is 10.3 Å². The molecule has 0 amide bonds. The van der Waals surface area contributed by atoms with Crippen LogP contribution in [0, 0.1) is 6.92 Å². The highest BCUT2D eigenvalue weighted by Crippen LogP contribution is 2.39. The lowest BCUT2D eigenvalue weighted by Crippen LogP contribution is -2.40. The largest absolute Gasteiger partial charge is 0.459 e. The van der Waals surface area contributed by atoms with Crippen molar-refractivity contribution in [3.63, 3.8) is 0 Å². The Morgan fingerprint density at radius 3 is 2.85 bits per heavy atom. The lowest BCUT2D eigenvalue weighted by atomic mass is 10.1. The summed E-state index contributed by atoms with van der Waals surface area (Å²) in [5.41, 5.74) is 5.12. The monoisotopic (exact) mass is 308 g/mol. The van der Waals surface area contributed by atoms with Crippen molar-refractivity contribution in [3.05, 3.63) is 35.6 Å². The zero-order chi connectivity index (χ0) is 14.1. The third-order valence-corrected chi connectivity index (χ3v) is 7.01. The Kier molecular flexibility index (Phi) is 4.31. The number of furan rings is 1. The summed E-state index contributed by atoms with van der Waals surface area (Å²) < 4.78 is 6.09. The topological polar surface area (TPSA) is 51.2 Å². The van der Waals surface area contributed by atoms with Gasteiger partial charge in [-0.3, -0.25) is 5.84 Å². The van der Waals surface area contributed by atoms with Gasteiger partial charge in [-0.1, -0.05) is 25.1 Å². The van der Waals surface area contributed by atoms with Crippen molar-refractivity contribution in [1.82, 2.24) is 5.43 Å². The summed E-state index contributed by atoms with van der Waals surface area (Å²) >= 11 is 4.01. The number of rotatable bonds is 3. The molecule has 1 aliphatic rings. The molecule has 1 fully saturated rings. The Morgan fingerprint density at radius 2 is 2.15 bits per heavy atom. The molecule has 2 aromatic rings. The molecule has 0 spiro atoms. The predicted molar refractivity (Wildman–Crippen MR) is 89.2 cm³/mol. The predicted octanol–water partition coefficient (Wildman–Crippen LogP) is 3.48. The van der Waals surface area contributed by atoms with Crippen LogP contribution in [0.3, 0.4) is 0 Å². The van der Waals surface area contributed by atoms with Crippen LogP contribution in [0.25, 0.3) is 11.0 Å². The van der Waals surface area contributed by atoms with Crippen LogP contribution in [0.2, 0.25) is 0 Å². The minimum absolute atomic E-state index is 0.0644. The molecule has 0 radical (unpaired) electrons. The molecule has 3 nitrogen and oxygen atoms in total. The normalized spacial score (nSPS) is 24.9. The molecular weight excluding hydrogens is 288 g/mol. The second kappa shape index (κ2) is 6.02. The lowest BCUT2D eigenvalue weighted by Gasteiger charge is -2.32. The summed E-state index contributed by atoms with van der Waals surface area (Å²) in [6, 6.07) is 8.42. The van der Waals surface area contributed by atoms with Crippen LogP contribution in [0.1, 0.15) is 24.3 Å². The van der Waals surface area contributed by atoms with Gasteiger partial charge in [-0.2, -0.15) is 23.5 Å². The van der Waals surface area contributed by atoms with Gasteiger partial charge in [0, 0.05) is 27.4 Å². The minimum atomic E-state index is 0.0644. The zero-order valence-electron chi connectivity index (χ0n) is 11.8. The molecule has 3 N–H and O–H groups in total. The van der Waals surface area contributed by atoms with Crippen molar-refractivity contribution >= 4 is 34.5 Å². The second-order valence-corrected chi connectivity index (χ2v) is 7.97. The summed E-state index contributed by atoms with van der Waals surface area (Å²) in [5.74, 6) is 9.17. The first-order chi connectivity index (χ1) is 9.70. The van der Waals surface area contributed by atoms with E-state index in [0.29, 0.717) is 10.5 Å². The highest BCUT2D eigenvalue weighted by Gasteiger charge is 2.32. The van der Waals surface area contributed by atoms with E-state index in [-0.39, 0.29) is 6.04 Å². The van der Waals surface area contributed by atoms with Crippen LogP contribution in [0.15, 0.2) is 28.7 Å². The molecule has 3 unspecified atom stereocenters. The number of benzene rings is 1. The number of hydrogen-bond acceptors (Lipinski definition) is 5. The highest BCUT2D eigenvalue weighted by molar-refractivity contribution is 8.07. The molecule has 1 aliphatic heterocycles. The van der Waals surface area contributed by atoms with Crippen molar-refractivity contribution in [2.75, 3.05) is 11.5 Å². The minimum Gasteiger partial charge on any atom is -0.459 e. The Morgan fingerprint density at radius 1 is 1.35 bits per heavy atom. The molecule has 1 aromatic heterocycles. The first-order valence-electron chi connectivity index (χ1n) is 6.89. The van der Waals surface area contributed by atoms with E-state index < -0.39 is 0 Å². The Bertz CT molecular complexity index is 599. The van der Waals surface area contributed by atoms with Gasteiger partial charge < -0.3 is 4.42 Å². The SMILES string of the molecule is Cc1cccc2cc(C(NN)C3SCCSC3C)oc12. The summed E-state index contributed by atoms with van der Waals surface area (Å²) in [4.78, 5) is 0. The summed E-state index contributed by atoms with van der Waals surface area (Å²) in [7, 11) is 0. The quantitative estimate of drug-likeness (QED) is 0.671. The van der Waals surface area contributed by atoms with Gasteiger partial charge in [0.05, 0.1) is 6.04 Å². The lowest BCUT2D eigenvalue weighted by molar-refractivity contribution is 0.423. The van der Waals surface area contributed by atoms with Gasteiger partial charge in [-0.15, -0.1) is 0 Å². The van der Waals surface area contributed by atoms with Crippen LogP contribution in [0.5, 0.6) is 0 Å². The van der Waals surface area contributed by atoms with Crippen molar-refractivity contribution in [1.29, 1.82) is 0 Å². The van der Waals surface area contributed by atoms with E-state index >= 15 is 0 Å². The van der Waals surface area contributed by atoms with Crippen molar-refractivity contribution in [2.24, 2.45) is 5.84 Å². The third kappa shape index (κ3) is 2.60. The Balaban J connectivity index is 1.96. The second-order valence-electron chi connectivity index (χ2n) is 5.20. The van der Waals surface area contributed by atoms with E-state index in [2.05, 4.69) is 43.5 Å². The zero-order valence-corrected chi connectivity index (χ0v) is 13.4. The fraction of sp³-hybridized carbons (Fsp3) is 0.467. The summed E-state index contributed by atoms with van der Waals surface area (Å²) in [6.07, 6.45) is 0. The molecular formula is C15H20N2OS2. The maximum Gasteiger partial charge on any atom is 0.137 e. The summed E-state index contributed by atoms with van der Waals surface area (Å²) in [5, 5.41) is 2.17. The number of aryl methyl sites for hydroxylation is 1. The fourth-order valence-corrected chi connectivity index (χ4v) is 5.64. The number of para-hydroxylation sites is 1. The first-order valence-corrected chi connectivity index (χ1v) is 8.99. The summed E-state index contributed by atoms with van der Waals surface area (Å²) in [6.45, 7) is 4.36. The molecule has 108 valence electrons. The van der Waals surface area contributed by atoms with Crippen molar-refractivity contribution in [2.45, 2.75) is 30.4 Å². The van der Waals surface area contributed by atoms with E-state index in [1.54, 1.807) is 0 Å². The van der Waals surface area contributed by atoms with E-state index in [9.17, 15) is 0 Å². The van der Waals surface area contributed by atoms with E-state index in [1.807, 2.05) is 23.5 Å². The smallest absolute Gasteiger partial charge is 0.137 e. The number of hydrogen-bond donors (Lipinski definition) is 2. The van der Waals surface area contributed by atoms with Crippen LogP contribution in [0.4, 0.5) is 0 Å². The fourth-order valence-electron chi connectivity index (χ4n) is 2.74. The molecule has 2 heterocycles. The number of hydrazine groups is 1. The molecule has 3 atom stereocenters. The van der Waals surface area contributed by atoms with E-state index in [0.717, 1.165) is 16.7 Å². The van der Waals surface area contributed by atoms with Crippen LogP contribution in [-0.2, 0) is 0 Å². The number of nitrogens with two attached hydrogens (primary N) is 1. The molecule has 1 saturated heterocycles. The van der Waals surface area contributed by atoms with Crippen molar-refractivity contribution in [3.8, 4) is 0 Å². The van der Waals surface area contributed by atoms with Gasteiger partial charge in [0.2, 0.25) is 0 Å². The molecule has 3 rings (SSSR count). The molecule has 0 saturated carbocycles. The Hall–Kier alpha value is -0.620. The Labute approximate surface area is 128 Å². The molecule has 20 heavy (non-hydrogen) atoms. The number of nitrogens with one attached hydrogen (secondary N) is 1. The van der Waals surface area contributed by atoms with Crippen molar-refractivity contribution < 1.29 is 4.42 Å². The van der Waals surface area contributed by atoms with Gasteiger partial charge in [0.1, 0.15) is 11.3 Å². The molecule has 0 aliphatic carbocycles.